The molecule has 0 aliphatic heterocycles. The number of carbonyl (C=O) groups excluding carboxylic acids is 1. The Morgan fingerprint density at radius 3 is 2.46 bits per heavy atom. The molecule has 0 saturated carbocycles. The fourth-order valence-electron chi connectivity index (χ4n) is 0.838. The maximum absolute atomic E-state index is 10.4. The first-order valence-corrected chi connectivity index (χ1v) is 4.22. The molecule has 0 aromatic rings. The fourth-order valence-corrected chi connectivity index (χ4v) is 0.838. The van der Waals surface area contributed by atoms with Crippen LogP contribution in [0.4, 0.5) is 0 Å². The normalized spacial score (nSPS) is 14.7. The van der Waals surface area contributed by atoms with E-state index in [1.165, 1.54) is 6.92 Å². The predicted octanol–water partition coefficient (Wildman–Crippen LogP) is 1.24. The van der Waals surface area contributed by atoms with E-state index in [2.05, 4.69) is 4.74 Å². The van der Waals surface area contributed by atoms with Gasteiger partial charge in [-0.1, -0.05) is 6.92 Å². The van der Waals surface area contributed by atoms with Crippen molar-refractivity contribution >= 4 is 5.97 Å². The second kappa shape index (κ2) is 5.50. The van der Waals surface area contributed by atoms with Crippen LogP contribution in [0.5, 0.6) is 0 Å². The summed E-state index contributed by atoms with van der Waals surface area (Å²) in [7, 11) is 0. The van der Waals surface area contributed by atoms with Crippen LogP contribution in [0.25, 0.3) is 0 Å². The van der Waals surface area contributed by atoms with Gasteiger partial charge in [-0.3, -0.25) is 14.9 Å². The lowest BCUT2D eigenvalue weighted by Crippen LogP contribution is -2.24. The number of carbonyl (C=O) groups is 1. The molecule has 0 aromatic heterocycles. The molecule has 0 aliphatic rings. The molecule has 0 spiro atoms. The SMILES string of the molecule is CC(=O)OCCC(C)C(C)[N+](=O)[O-]. The molecule has 0 fully saturated rings. The van der Waals surface area contributed by atoms with Crippen molar-refractivity contribution in [2.45, 2.75) is 33.2 Å². The van der Waals surface area contributed by atoms with Crippen molar-refractivity contribution in [3.63, 3.8) is 0 Å². The van der Waals surface area contributed by atoms with E-state index in [9.17, 15) is 14.9 Å². The number of nitrogens with zero attached hydrogens (tertiary/aromatic N) is 1. The number of hydrogen-bond donors (Lipinski definition) is 0. The van der Waals surface area contributed by atoms with Crippen LogP contribution in [0, 0.1) is 16.0 Å². The third kappa shape index (κ3) is 5.16. The van der Waals surface area contributed by atoms with E-state index < -0.39 is 6.04 Å². The molecule has 0 aliphatic carbocycles. The first-order chi connectivity index (χ1) is 5.95. The number of hydrogen-bond acceptors (Lipinski definition) is 4. The van der Waals surface area contributed by atoms with Gasteiger partial charge in [0.25, 0.3) is 0 Å². The molecule has 0 radical (unpaired) electrons. The molecule has 76 valence electrons. The van der Waals surface area contributed by atoms with Gasteiger partial charge in [0.05, 0.1) is 6.61 Å². The van der Waals surface area contributed by atoms with Gasteiger partial charge < -0.3 is 4.74 Å². The van der Waals surface area contributed by atoms with Gasteiger partial charge in [0.1, 0.15) is 0 Å². The molecular weight excluding hydrogens is 174 g/mol. The molecule has 5 heteroatoms. The van der Waals surface area contributed by atoms with Crippen molar-refractivity contribution < 1.29 is 14.5 Å². The maximum atomic E-state index is 10.4. The Kier molecular flexibility index (Phi) is 5.03. The lowest BCUT2D eigenvalue weighted by molar-refractivity contribution is -0.527. The largest absolute Gasteiger partial charge is 0.466 e. The van der Waals surface area contributed by atoms with E-state index in [1.54, 1.807) is 13.8 Å². The predicted molar refractivity (Wildman–Crippen MR) is 46.9 cm³/mol. The fraction of sp³-hybridized carbons (Fsp3) is 0.875. The molecule has 0 rings (SSSR count). The summed E-state index contributed by atoms with van der Waals surface area (Å²) in [6, 6.07) is -0.587. The minimum Gasteiger partial charge on any atom is -0.466 e. The van der Waals surface area contributed by atoms with Crippen LogP contribution in [0.3, 0.4) is 0 Å². The molecule has 0 saturated heterocycles. The van der Waals surface area contributed by atoms with Gasteiger partial charge in [0, 0.05) is 24.7 Å². The Balaban J connectivity index is 3.67. The molecule has 5 nitrogen and oxygen atoms in total. The van der Waals surface area contributed by atoms with Gasteiger partial charge in [0.2, 0.25) is 6.04 Å². The summed E-state index contributed by atoms with van der Waals surface area (Å²) in [4.78, 5) is 20.4. The smallest absolute Gasteiger partial charge is 0.302 e. The van der Waals surface area contributed by atoms with Crippen LogP contribution in [-0.4, -0.2) is 23.5 Å². The molecule has 2 atom stereocenters. The molecular formula is C8H15NO4. The highest BCUT2D eigenvalue weighted by Crippen LogP contribution is 2.10. The van der Waals surface area contributed by atoms with E-state index in [0.717, 1.165) is 0 Å². The highest BCUT2D eigenvalue weighted by molar-refractivity contribution is 5.65. The number of rotatable bonds is 5. The van der Waals surface area contributed by atoms with Crippen molar-refractivity contribution in [1.29, 1.82) is 0 Å². The van der Waals surface area contributed by atoms with Gasteiger partial charge in [-0.15, -0.1) is 0 Å². The Labute approximate surface area is 77.2 Å². The van der Waals surface area contributed by atoms with Crippen LogP contribution in [0.2, 0.25) is 0 Å². The first kappa shape index (κ1) is 11.9. The Morgan fingerprint density at radius 1 is 1.54 bits per heavy atom. The molecule has 0 amide bonds. The van der Waals surface area contributed by atoms with Gasteiger partial charge in [-0.05, 0) is 6.42 Å². The zero-order chi connectivity index (χ0) is 10.4. The van der Waals surface area contributed by atoms with E-state index in [1.807, 2.05) is 0 Å². The monoisotopic (exact) mass is 189 g/mol. The Bertz CT molecular complexity index is 193. The summed E-state index contributed by atoms with van der Waals surface area (Å²) in [6.45, 7) is 4.91. The summed E-state index contributed by atoms with van der Waals surface area (Å²) in [5.74, 6) is -0.421. The molecule has 0 bridgehead atoms. The minimum absolute atomic E-state index is 0.0747. The summed E-state index contributed by atoms with van der Waals surface area (Å²) < 4.78 is 4.68. The van der Waals surface area contributed by atoms with Crippen LogP contribution in [-0.2, 0) is 9.53 Å². The standard InChI is InChI=1S/C8H15NO4/c1-6(7(2)9(11)12)4-5-13-8(3)10/h6-7H,4-5H2,1-3H3. The summed E-state index contributed by atoms with van der Waals surface area (Å²) in [5, 5.41) is 10.3. The second-order valence-corrected chi connectivity index (χ2v) is 3.13. The van der Waals surface area contributed by atoms with Gasteiger partial charge in [-0.25, -0.2) is 0 Å². The Hall–Kier alpha value is -1.13. The quantitative estimate of drug-likeness (QED) is 0.370. The van der Waals surface area contributed by atoms with Crippen molar-refractivity contribution in [2.75, 3.05) is 6.61 Å². The van der Waals surface area contributed by atoms with E-state index >= 15 is 0 Å². The molecule has 13 heavy (non-hydrogen) atoms. The summed E-state index contributed by atoms with van der Waals surface area (Å²) in [6.07, 6.45) is 0.529. The zero-order valence-electron chi connectivity index (χ0n) is 8.15. The summed E-state index contributed by atoms with van der Waals surface area (Å²) >= 11 is 0. The van der Waals surface area contributed by atoms with Gasteiger partial charge in [-0.2, -0.15) is 0 Å². The minimum atomic E-state index is -0.587. The van der Waals surface area contributed by atoms with Crippen molar-refractivity contribution in [2.24, 2.45) is 5.92 Å². The molecule has 0 aromatic carbocycles. The maximum Gasteiger partial charge on any atom is 0.302 e. The topological polar surface area (TPSA) is 69.4 Å². The average Bonchev–Trinajstić information content (AvgIpc) is 2.02. The van der Waals surface area contributed by atoms with Gasteiger partial charge >= 0.3 is 5.97 Å². The van der Waals surface area contributed by atoms with Crippen molar-refractivity contribution in [3.8, 4) is 0 Å². The second-order valence-electron chi connectivity index (χ2n) is 3.13. The summed E-state index contributed by atoms with van der Waals surface area (Å²) in [5.41, 5.74) is 0. The molecule has 0 N–H and O–H groups in total. The van der Waals surface area contributed by atoms with Crippen LogP contribution in [0.1, 0.15) is 27.2 Å². The number of nitro groups is 1. The molecule has 2 unspecified atom stereocenters. The highest BCUT2D eigenvalue weighted by atomic mass is 16.6. The average molecular weight is 189 g/mol. The molecule has 0 heterocycles. The van der Waals surface area contributed by atoms with Crippen molar-refractivity contribution in [3.05, 3.63) is 10.1 Å². The lowest BCUT2D eigenvalue weighted by Gasteiger charge is -2.12. The number of esters is 1. The van der Waals surface area contributed by atoms with Crippen LogP contribution >= 0.6 is 0 Å². The van der Waals surface area contributed by atoms with Crippen molar-refractivity contribution in [1.82, 2.24) is 0 Å². The third-order valence-corrected chi connectivity index (χ3v) is 2.03. The van der Waals surface area contributed by atoms with Gasteiger partial charge in [0.15, 0.2) is 0 Å². The third-order valence-electron chi connectivity index (χ3n) is 2.03. The lowest BCUT2D eigenvalue weighted by atomic mass is 10.0. The van der Waals surface area contributed by atoms with E-state index in [0.29, 0.717) is 6.42 Å². The van der Waals surface area contributed by atoms with E-state index in [4.69, 9.17) is 0 Å². The zero-order valence-corrected chi connectivity index (χ0v) is 8.15. The first-order valence-electron chi connectivity index (χ1n) is 4.22. The van der Waals surface area contributed by atoms with Crippen LogP contribution < -0.4 is 0 Å². The highest BCUT2D eigenvalue weighted by Gasteiger charge is 2.21. The number of ether oxygens (including phenoxy) is 1. The van der Waals surface area contributed by atoms with Crippen LogP contribution in [0.15, 0.2) is 0 Å². The van der Waals surface area contributed by atoms with E-state index in [-0.39, 0.29) is 23.4 Å². The Morgan fingerprint density at radius 2 is 2.08 bits per heavy atom.